The lowest BCUT2D eigenvalue weighted by molar-refractivity contribution is 0.189. The van der Waals surface area contributed by atoms with E-state index in [4.69, 9.17) is 17.3 Å². The fourth-order valence-electron chi connectivity index (χ4n) is 3.08. The van der Waals surface area contributed by atoms with Crippen molar-refractivity contribution in [3.8, 4) is 0 Å². The molecule has 0 spiro atoms. The Morgan fingerprint density at radius 2 is 1.95 bits per heavy atom. The second-order valence-corrected chi connectivity index (χ2v) is 6.26. The molecule has 1 aliphatic rings. The summed E-state index contributed by atoms with van der Waals surface area (Å²) in [6.45, 7) is 6.67. The maximum atomic E-state index is 6.34. The topological polar surface area (TPSA) is 32.5 Å². The lowest BCUT2D eigenvalue weighted by Gasteiger charge is -2.33. The molecule has 0 radical (unpaired) electrons. The van der Waals surface area contributed by atoms with Gasteiger partial charge in [-0.3, -0.25) is 4.90 Å². The van der Waals surface area contributed by atoms with Gasteiger partial charge in [-0.05, 0) is 51.5 Å². The average molecular weight is 296 g/mol. The highest BCUT2D eigenvalue weighted by Crippen LogP contribution is 2.28. The maximum Gasteiger partial charge on any atom is 0.0508 e. The van der Waals surface area contributed by atoms with Crippen LogP contribution in [0.15, 0.2) is 24.3 Å². The van der Waals surface area contributed by atoms with Crippen LogP contribution in [-0.4, -0.2) is 49.1 Å². The van der Waals surface area contributed by atoms with Crippen molar-refractivity contribution in [3.05, 3.63) is 34.9 Å². The number of benzene rings is 1. The average Bonchev–Trinajstić information content (AvgIpc) is 2.92. The lowest BCUT2D eigenvalue weighted by Crippen LogP contribution is -2.41. The number of nitrogens with two attached hydrogens (primary N) is 1. The van der Waals surface area contributed by atoms with E-state index in [1.165, 1.54) is 25.9 Å². The smallest absolute Gasteiger partial charge is 0.0508 e. The van der Waals surface area contributed by atoms with Crippen molar-refractivity contribution in [2.75, 3.05) is 33.2 Å². The van der Waals surface area contributed by atoms with E-state index in [9.17, 15) is 0 Å². The Morgan fingerprint density at radius 3 is 2.55 bits per heavy atom. The Bertz CT molecular complexity index is 416. The molecule has 1 aliphatic heterocycles. The van der Waals surface area contributed by atoms with Gasteiger partial charge in [0.2, 0.25) is 0 Å². The number of rotatable bonds is 6. The highest BCUT2D eigenvalue weighted by molar-refractivity contribution is 6.31. The van der Waals surface area contributed by atoms with Gasteiger partial charge in [0.25, 0.3) is 0 Å². The number of likely N-dealkylation sites (N-methyl/N-ethyl adjacent to an activating group) is 1. The minimum atomic E-state index is 0.0541. The van der Waals surface area contributed by atoms with E-state index in [0.717, 1.165) is 23.7 Å². The second-order valence-electron chi connectivity index (χ2n) is 5.85. The molecule has 0 amide bonds. The van der Waals surface area contributed by atoms with Crippen LogP contribution in [0.5, 0.6) is 0 Å². The molecular weight excluding hydrogens is 270 g/mol. The molecule has 1 heterocycles. The largest absolute Gasteiger partial charge is 0.326 e. The number of nitrogens with zero attached hydrogens (tertiary/aromatic N) is 2. The van der Waals surface area contributed by atoms with Crippen LogP contribution in [0.3, 0.4) is 0 Å². The zero-order chi connectivity index (χ0) is 14.5. The Balaban J connectivity index is 2.02. The number of hydrogen-bond donors (Lipinski definition) is 1. The van der Waals surface area contributed by atoms with Crippen molar-refractivity contribution in [2.45, 2.75) is 31.8 Å². The van der Waals surface area contributed by atoms with Crippen LogP contribution in [0.1, 0.15) is 31.4 Å². The SMILES string of the molecule is CC(N)C(c1ccccc1Cl)N(C)CCN1CCCC1. The maximum absolute atomic E-state index is 6.34. The van der Waals surface area contributed by atoms with Crippen molar-refractivity contribution in [1.82, 2.24) is 9.80 Å². The summed E-state index contributed by atoms with van der Waals surface area (Å²) in [5, 5.41) is 0.808. The van der Waals surface area contributed by atoms with E-state index in [-0.39, 0.29) is 12.1 Å². The van der Waals surface area contributed by atoms with Gasteiger partial charge in [-0.1, -0.05) is 29.8 Å². The molecule has 0 aromatic heterocycles. The summed E-state index contributed by atoms with van der Waals surface area (Å²) in [5.41, 5.74) is 7.34. The van der Waals surface area contributed by atoms with Crippen molar-refractivity contribution in [2.24, 2.45) is 5.73 Å². The van der Waals surface area contributed by atoms with Crippen molar-refractivity contribution in [3.63, 3.8) is 0 Å². The fourth-order valence-corrected chi connectivity index (χ4v) is 3.33. The summed E-state index contributed by atoms with van der Waals surface area (Å²) in [6, 6.07) is 8.26. The van der Waals surface area contributed by atoms with Gasteiger partial charge in [0.05, 0.1) is 6.04 Å². The minimum absolute atomic E-state index is 0.0541. The van der Waals surface area contributed by atoms with E-state index in [1.54, 1.807) is 0 Å². The van der Waals surface area contributed by atoms with E-state index in [2.05, 4.69) is 29.8 Å². The molecule has 1 aromatic carbocycles. The summed E-state index contributed by atoms with van der Waals surface area (Å²) in [4.78, 5) is 4.87. The Kier molecular flexibility index (Phi) is 5.85. The van der Waals surface area contributed by atoms with Gasteiger partial charge in [0.15, 0.2) is 0 Å². The Hall–Kier alpha value is -0.610. The van der Waals surface area contributed by atoms with Gasteiger partial charge in [-0.15, -0.1) is 0 Å². The third kappa shape index (κ3) is 3.95. The molecule has 0 aliphatic carbocycles. The predicted octanol–water partition coefficient (Wildman–Crippen LogP) is 2.76. The third-order valence-corrected chi connectivity index (χ3v) is 4.51. The first kappa shape index (κ1) is 15.8. The number of likely N-dealkylation sites (tertiary alicyclic amines) is 1. The first-order valence-electron chi connectivity index (χ1n) is 7.52. The number of halogens is 1. The highest BCUT2D eigenvalue weighted by atomic mass is 35.5. The standard InChI is InChI=1S/C16H26ClN3/c1-13(18)16(14-7-3-4-8-15(14)17)19(2)11-12-20-9-5-6-10-20/h3-4,7-8,13,16H,5-6,9-12,18H2,1-2H3. The minimum Gasteiger partial charge on any atom is -0.326 e. The Morgan fingerprint density at radius 1 is 1.30 bits per heavy atom. The lowest BCUT2D eigenvalue weighted by atomic mass is 9.99. The summed E-state index contributed by atoms with van der Waals surface area (Å²) < 4.78 is 0. The highest BCUT2D eigenvalue weighted by Gasteiger charge is 2.23. The molecule has 1 aromatic rings. The van der Waals surface area contributed by atoms with Crippen LogP contribution < -0.4 is 5.73 Å². The van der Waals surface area contributed by atoms with Crippen LogP contribution in [0.4, 0.5) is 0 Å². The molecule has 3 nitrogen and oxygen atoms in total. The molecule has 2 N–H and O–H groups in total. The zero-order valence-corrected chi connectivity index (χ0v) is 13.3. The van der Waals surface area contributed by atoms with E-state index in [1.807, 2.05) is 18.2 Å². The summed E-state index contributed by atoms with van der Waals surface area (Å²) in [5.74, 6) is 0. The van der Waals surface area contributed by atoms with E-state index >= 15 is 0 Å². The Labute approximate surface area is 127 Å². The molecular formula is C16H26ClN3. The third-order valence-electron chi connectivity index (χ3n) is 4.16. The van der Waals surface area contributed by atoms with Crippen molar-refractivity contribution in [1.29, 1.82) is 0 Å². The second kappa shape index (κ2) is 7.41. The van der Waals surface area contributed by atoms with Gasteiger partial charge in [0.1, 0.15) is 0 Å². The van der Waals surface area contributed by atoms with Crippen LogP contribution in [0.25, 0.3) is 0 Å². The van der Waals surface area contributed by atoms with Crippen LogP contribution >= 0.6 is 11.6 Å². The summed E-state index contributed by atoms with van der Waals surface area (Å²) in [6.07, 6.45) is 2.68. The zero-order valence-electron chi connectivity index (χ0n) is 12.6. The molecule has 2 atom stereocenters. The molecule has 20 heavy (non-hydrogen) atoms. The van der Waals surface area contributed by atoms with E-state index < -0.39 is 0 Å². The predicted molar refractivity (Wildman–Crippen MR) is 86.1 cm³/mol. The first-order chi connectivity index (χ1) is 9.59. The first-order valence-corrected chi connectivity index (χ1v) is 7.90. The van der Waals surface area contributed by atoms with Gasteiger partial charge in [-0.25, -0.2) is 0 Å². The molecule has 1 fully saturated rings. The summed E-state index contributed by atoms with van der Waals surface area (Å²) >= 11 is 6.34. The van der Waals surface area contributed by atoms with Gasteiger partial charge >= 0.3 is 0 Å². The fraction of sp³-hybridized carbons (Fsp3) is 0.625. The summed E-state index contributed by atoms with van der Waals surface area (Å²) in [7, 11) is 2.15. The van der Waals surface area contributed by atoms with Crippen molar-refractivity contribution < 1.29 is 0 Å². The van der Waals surface area contributed by atoms with Crippen LogP contribution in [-0.2, 0) is 0 Å². The molecule has 4 heteroatoms. The molecule has 1 saturated heterocycles. The van der Waals surface area contributed by atoms with Crippen LogP contribution in [0, 0.1) is 0 Å². The monoisotopic (exact) mass is 295 g/mol. The molecule has 2 unspecified atom stereocenters. The van der Waals surface area contributed by atoms with Gasteiger partial charge < -0.3 is 10.6 Å². The molecule has 2 rings (SSSR count). The normalized spacial score (nSPS) is 19.4. The van der Waals surface area contributed by atoms with Crippen LogP contribution in [0.2, 0.25) is 5.02 Å². The quantitative estimate of drug-likeness (QED) is 0.876. The molecule has 112 valence electrons. The van der Waals surface area contributed by atoms with Crippen molar-refractivity contribution >= 4 is 11.6 Å². The molecule has 0 saturated carbocycles. The van der Waals surface area contributed by atoms with E-state index in [0.29, 0.717) is 0 Å². The number of hydrogen-bond acceptors (Lipinski definition) is 3. The molecule has 0 bridgehead atoms. The van der Waals surface area contributed by atoms with Gasteiger partial charge in [-0.2, -0.15) is 0 Å². The van der Waals surface area contributed by atoms with Gasteiger partial charge in [0, 0.05) is 24.2 Å².